The highest BCUT2D eigenvalue weighted by atomic mass is 19.4. The van der Waals surface area contributed by atoms with E-state index in [4.69, 9.17) is 5.73 Å². The van der Waals surface area contributed by atoms with Gasteiger partial charge in [0.2, 0.25) is 5.91 Å². The van der Waals surface area contributed by atoms with Crippen LogP contribution in [0.25, 0.3) is 0 Å². The van der Waals surface area contributed by atoms with Gasteiger partial charge in [-0.25, -0.2) is 0 Å². The Hall–Kier alpha value is -2.25. The molecule has 0 fully saturated rings. The number of primary amides is 1. The van der Waals surface area contributed by atoms with Gasteiger partial charge in [0.1, 0.15) is 0 Å². The van der Waals surface area contributed by atoms with Crippen molar-refractivity contribution in [3.8, 4) is 0 Å². The number of anilines is 1. The molecule has 0 aromatic heterocycles. The van der Waals surface area contributed by atoms with Gasteiger partial charge in [0.15, 0.2) is 0 Å². The zero-order valence-electron chi connectivity index (χ0n) is 10.7. The van der Waals surface area contributed by atoms with E-state index in [1.807, 2.05) is 0 Å². The molecule has 5 nitrogen and oxygen atoms in total. The van der Waals surface area contributed by atoms with Crippen molar-refractivity contribution >= 4 is 17.5 Å². The topological polar surface area (TPSA) is 84.2 Å². The Balaban J connectivity index is 3.06. The summed E-state index contributed by atoms with van der Waals surface area (Å²) < 4.78 is 38.7. The second kappa shape index (κ2) is 6.27. The Labute approximate surface area is 113 Å². The number of hydrogen-bond donors (Lipinski definition) is 3. The molecule has 0 bridgehead atoms. The van der Waals surface area contributed by atoms with Gasteiger partial charge in [-0.05, 0) is 25.1 Å². The van der Waals surface area contributed by atoms with Gasteiger partial charge in [0.25, 0.3) is 5.91 Å². The Kier molecular flexibility index (Phi) is 4.95. The van der Waals surface area contributed by atoms with Crippen molar-refractivity contribution < 1.29 is 22.8 Å². The van der Waals surface area contributed by atoms with E-state index in [0.717, 1.165) is 6.07 Å². The van der Waals surface area contributed by atoms with Crippen LogP contribution in [0.15, 0.2) is 18.2 Å². The lowest BCUT2D eigenvalue weighted by molar-refractivity contribution is -0.137. The summed E-state index contributed by atoms with van der Waals surface area (Å²) in [5.74, 6) is -1.57. The molecule has 0 aliphatic rings. The molecule has 0 aliphatic carbocycles. The monoisotopic (exact) mass is 289 g/mol. The van der Waals surface area contributed by atoms with Crippen molar-refractivity contribution in [1.29, 1.82) is 0 Å². The van der Waals surface area contributed by atoms with Crippen molar-refractivity contribution in [3.05, 3.63) is 29.3 Å². The van der Waals surface area contributed by atoms with Gasteiger partial charge in [-0.3, -0.25) is 9.59 Å². The summed E-state index contributed by atoms with van der Waals surface area (Å²) in [7, 11) is 0. The number of benzene rings is 1. The van der Waals surface area contributed by atoms with Gasteiger partial charge in [-0.1, -0.05) is 0 Å². The van der Waals surface area contributed by atoms with Gasteiger partial charge in [-0.15, -0.1) is 0 Å². The van der Waals surface area contributed by atoms with Crippen LogP contribution < -0.4 is 16.4 Å². The summed E-state index contributed by atoms with van der Waals surface area (Å²) >= 11 is 0. The number of hydrogen-bond acceptors (Lipinski definition) is 3. The van der Waals surface area contributed by atoms with E-state index in [9.17, 15) is 22.8 Å². The van der Waals surface area contributed by atoms with Crippen molar-refractivity contribution in [3.63, 3.8) is 0 Å². The van der Waals surface area contributed by atoms with Crippen LogP contribution in [0.4, 0.5) is 18.9 Å². The standard InChI is InChI=1S/C12H14F3N3O2/c1-2-17-9-4-3-7(5-8(9)12(13,14)15)11(20)18-6-10(16)19/h3-5,17H,2,6H2,1H3,(H2,16,19)(H,18,20). The van der Waals surface area contributed by atoms with Crippen LogP contribution in [0, 0.1) is 0 Å². The number of alkyl halides is 3. The van der Waals surface area contributed by atoms with Crippen molar-refractivity contribution in [2.75, 3.05) is 18.4 Å². The molecule has 1 rings (SSSR count). The average molecular weight is 289 g/mol. The summed E-state index contributed by atoms with van der Waals surface area (Å²) in [5, 5.41) is 4.70. The van der Waals surface area contributed by atoms with E-state index in [1.165, 1.54) is 12.1 Å². The van der Waals surface area contributed by atoms with Crippen LogP contribution >= 0.6 is 0 Å². The Bertz CT molecular complexity index is 515. The Morgan fingerprint density at radius 3 is 2.45 bits per heavy atom. The van der Waals surface area contributed by atoms with E-state index in [0.29, 0.717) is 6.54 Å². The fourth-order valence-corrected chi connectivity index (χ4v) is 1.53. The largest absolute Gasteiger partial charge is 0.418 e. The predicted octanol–water partition coefficient (Wildman–Crippen LogP) is 1.35. The first kappa shape index (κ1) is 15.8. The Morgan fingerprint density at radius 2 is 1.95 bits per heavy atom. The van der Waals surface area contributed by atoms with Crippen LogP contribution in [0.1, 0.15) is 22.8 Å². The normalized spacial score (nSPS) is 11.0. The summed E-state index contributed by atoms with van der Waals surface area (Å²) in [6, 6.07) is 3.14. The van der Waals surface area contributed by atoms with Crippen molar-refractivity contribution in [2.24, 2.45) is 5.73 Å². The quantitative estimate of drug-likeness (QED) is 0.765. The molecule has 0 radical (unpaired) electrons. The fourth-order valence-electron chi connectivity index (χ4n) is 1.53. The maximum atomic E-state index is 12.9. The molecule has 2 amide bonds. The smallest absolute Gasteiger partial charge is 0.385 e. The maximum Gasteiger partial charge on any atom is 0.418 e. The van der Waals surface area contributed by atoms with Gasteiger partial charge in [-0.2, -0.15) is 13.2 Å². The van der Waals surface area contributed by atoms with E-state index < -0.39 is 30.1 Å². The molecule has 0 unspecified atom stereocenters. The second-order valence-electron chi connectivity index (χ2n) is 3.94. The molecule has 0 aliphatic heterocycles. The summed E-state index contributed by atoms with van der Waals surface area (Å²) in [6.07, 6.45) is -4.59. The third-order valence-electron chi connectivity index (χ3n) is 2.38. The average Bonchev–Trinajstić information content (AvgIpc) is 2.35. The van der Waals surface area contributed by atoms with Crippen molar-refractivity contribution in [1.82, 2.24) is 5.32 Å². The van der Waals surface area contributed by atoms with Gasteiger partial charge < -0.3 is 16.4 Å². The number of nitrogens with one attached hydrogen (secondary N) is 2. The Morgan fingerprint density at radius 1 is 1.30 bits per heavy atom. The number of carbonyl (C=O) groups excluding carboxylic acids is 2. The first-order chi connectivity index (χ1) is 9.25. The van der Waals surface area contributed by atoms with E-state index in [-0.39, 0.29) is 11.3 Å². The first-order valence-corrected chi connectivity index (χ1v) is 5.77. The van der Waals surface area contributed by atoms with E-state index >= 15 is 0 Å². The minimum atomic E-state index is -4.59. The third kappa shape index (κ3) is 4.15. The molecule has 1 aromatic carbocycles. The lowest BCUT2D eigenvalue weighted by Crippen LogP contribution is -2.33. The van der Waals surface area contributed by atoms with Gasteiger partial charge in [0.05, 0.1) is 12.1 Å². The highest BCUT2D eigenvalue weighted by Gasteiger charge is 2.34. The van der Waals surface area contributed by atoms with Crippen LogP contribution in [-0.4, -0.2) is 24.9 Å². The van der Waals surface area contributed by atoms with Crippen LogP contribution in [0.5, 0.6) is 0 Å². The highest BCUT2D eigenvalue weighted by Crippen LogP contribution is 2.35. The molecule has 20 heavy (non-hydrogen) atoms. The molecular weight excluding hydrogens is 275 g/mol. The molecular formula is C12H14F3N3O2. The SMILES string of the molecule is CCNc1ccc(C(=O)NCC(N)=O)cc1C(F)(F)F. The lowest BCUT2D eigenvalue weighted by Gasteiger charge is -2.15. The van der Waals surface area contributed by atoms with E-state index in [2.05, 4.69) is 10.6 Å². The number of carbonyl (C=O) groups is 2. The molecule has 1 aromatic rings. The lowest BCUT2D eigenvalue weighted by atomic mass is 10.1. The van der Waals surface area contributed by atoms with Crippen molar-refractivity contribution in [2.45, 2.75) is 13.1 Å². The zero-order chi connectivity index (χ0) is 15.3. The highest BCUT2D eigenvalue weighted by molar-refractivity contribution is 5.96. The first-order valence-electron chi connectivity index (χ1n) is 5.77. The van der Waals surface area contributed by atoms with Gasteiger partial charge in [0, 0.05) is 17.8 Å². The third-order valence-corrected chi connectivity index (χ3v) is 2.38. The minimum absolute atomic E-state index is 0.105. The molecule has 110 valence electrons. The minimum Gasteiger partial charge on any atom is -0.385 e. The number of amides is 2. The molecule has 0 spiro atoms. The molecule has 0 heterocycles. The molecule has 8 heteroatoms. The molecule has 0 saturated heterocycles. The predicted molar refractivity (Wildman–Crippen MR) is 67.1 cm³/mol. The van der Waals surface area contributed by atoms with Crippen LogP contribution in [0.3, 0.4) is 0 Å². The second-order valence-corrected chi connectivity index (χ2v) is 3.94. The molecule has 0 saturated carbocycles. The van der Waals surface area contributed by atoms with Crippen LogP contribution in [0.2, 0.25) is 0 Å². The van der Waals surface area contributed by atoms with Crippen LogP contribution in [-0.2, 0) is 11.0 Å². The fraction of sp³-hybridized carbons (Fsp3) is 0.333. The molecule has 0 atom stereocenters. The summed E-state index contributed by atoms with van der Waals surface area (Å²) in [4.78, 5) is 22.1. The number of nitrogens with two attached hydrogens (primary N) is 1. The number of rotatable bonds is 5. The van der Waals surface area contributed by atoms with Gasteiger partial charge >= 0.3 is 6.18 Å². The maximum absolute atomic E-state index is 12.9. The summed E-state index contributed by atoms with van der Waals surface area (Å²) in [6.45, 7) is 1.54. The summed E-state index contributed by atoms with van der Waals surface area (Å²) in [5.41, 5.74) is 3.60. The van der Waals surface area contributed by atoms with E-state index in [1.54, 1.807) is 6.92 Å². The zero-order valence-corrected chi connectivity index (χ0v) is 10.7. The molecule has 4 N–H and O–H groups in total. The number of halogens is 3.